The Bertz CT molecular complexity index is 893. The number of para-hydroxylation sites is 1. The van der Waals surface area contributed by atoms with Crippen molar-refractivity contribution in [3.05, 3.63) is 78.9 Å². The third-order valence-electron chi connectivity index (χ3n) is 4.42. The summed E-state index contributed by atoms with van der Waals surface area (Å²) in [7, 11) is 0. The van der Waals surface area contributed by atoms with Crippen molar-refractivity contribution in [3.8, 4) is 11.1 Å². The van der Waals surface area contributed by atoms with E-state index >= 15 is 0 Å². The molecule has 0 fully saturated rings. The Labute approximate surface area is 159 Å². The van der Waals surface area contributed by atoms with Gasteiger partial charge in [0.1, 0.15) is 13.0 Å². The molecule has 3 aromatic carbocycles. The molecule has 0 aliphatic carbocycles. The molecule has 0 spiro atoms. The molecule has 4 rings (SSSR count). The molecule has 0 atom stereocenters. The number of aliphatic imine (C=N–C) groups is 1. The van der Waals surface area contributed by atoms with Crippen molar-refractivity contribution in [1.29, 1.82) is 0 Å². The quantitative estimate of drug-likeness (QED) is 0.590. The number of nitrogens with one attached hydrogen (secondary N) is 3. The van der Waals surface area contributed by atoms with Crippen LogP contribution in [0.15, 0.2) is 83.9 Å². The van der Waals surface area contributed by atoms with Gasteiger partial charge in [0.2, 0.25) is 0 Å². The molecule has 3 N–H and O–H groups in total. The molecule has 5 heteroatoms. The summed E-state index contributed by atoms with van der Waals surface area (Å²) in [6.07, 6.45) is 1.84. The van der Waals surface area contributed by atoms with Crippen LogP contribution in [0, 0.1) is 0 Å². The average molecular weight is 357 g/mol. The first-order chi connectivity index (χ1) is 13.4. The SMILES string of the molecule is C1=NCNN1CCNc1cc(Nc2ccccc2)ccc1-c1ccccc1. The van der Waals surface area contributed by atoms with Gasteiger partial charge < -0.3 is 10.6 Å². The summed E-state index contributed by atoms with van der Waals surface area (Å²) in [6.45, 7) is 2.31. The maximum absolute atomic E-state index is 4.17. The highest BCUT2D eigenvalue weighted by molar-refractivity contribution is 5.81. The van der Waals surface area contributed by atoms with E-state index in [2.05, 4.69) is 75.6 Å². The normalized spacial score (nSPS) is 13.0. The van der Waals surface area contributed by atoms with E-state index in [-0.39, 0.29) is 0 Å². The summed E-state index contributed by atoms with van der Waals surface area (Å²) in [5.41, 5.74) is 8.83. The molecule has 0 saturated heterocycles. The van der Waals surface area contributed by atoms with Crippen LogP contribution in [0.2, 0.25) is 0 Å². The minimum absolute atomic E-state index is 0.658. The highest BCUT2D eigenvalue weighted by Crippen LogP contribution is 2.31. The van der Waals surface area contributed by atoms with Crippen molar-refractivity contribution in [3.63, 3.8) is 0 Å². The summed E-state index contributed by atoms with van der Waals surface area (Å²) in [5.74, 6) is 0. The van der Waals surface area contributed by atoms with E-state index in [1.54, 1.807) is 0 Å². The Balaban J connectivity index is 1.55. The number of benzene rings is 3. The van der Waals surface area contributed by atoms with Gasteiger partial charge in [0.05, 0.1) is 6.54 Å². The summed E-state index contributed by atoms with van der Waals surface area (Å²) >= 11 is 0. The van der Waals surface area contributed by atoms with E-state index < -0.39 is 0 Å². The van der Waals surface area contributed by atoms with E-state index in [0.717, 1.165) is 30.2 Å². The van der Waals surface area contributed by atoms with Crippen LogP contribution in [-0.2, 0) is 0 Å². The third-order valence-corrected chi connectivity index (χ3v) is 4.42. The standard InChI is InChI=1S/C22H23N5/c1-3-7-18(8-4-1)21-12-11-20(26-19-9-5-2-6-10-19)15-22(21)24-13-14-27-17-23-16-25-27/h1-12,15,17,24-26H,13-14,16H2. The zero-order valence-electron chi connectivity index (χ0n) is 15.1. The van der Waals surface area contributed by atoms with Crippen LogP contribution in [0.25, 0.3) is 11.1 Å². The smallest absolute Gasteiger partial charge is 0.107 e. The van der Waals surface area contributed by atoms with Gasteiger partial charge in [-0.15, -0.1) is 0 Å². The largest absolute Gasteiger partial charge is 0.383 e. The first kappa shape index (κ1) is 17.1. The van der Waals surface area contributed by atoms with E-state index in [4.69, 9.17) is 0 Å². The Morgan fingerprint density at radius 1 is 0.889 bits per heavy atom. The van der Waals surface area contributed by atoms with Crippen LogP contribution in [0.3, 0.4) is 0 Å². The number of hydrogen-bond acceptors (Lipinski definition) is 5. The molecule has 0 saturated carbocycles. The molecule has 1 aliphatic heterocycles. The first-order valence-electron chi connectivity index (χ1n) is 9.14. The molecular formula is C22H23N5. The topological polar surface area (TPSA) is 51.7 Å². The second-order valence-electron chi connectivity index (χ2n) is 6.35. The Morgan fingerprint density at radius 3 is 2.41 bits per heavy atom. The maximum atomic E-state index is 4.17. The van der Waals surface area contributed by atoms with Crippen molar-refractivity contribution in [2.45, 2.75) is 0 Å². The molecule has 0 bridgehead atoms. The molecule has 1 heterocycles. The molecule has 136 valence electrons. The summed E-state index contributed by atoms with van der Waals surface area (Å²) in [5, 5.41) is 9.05. The van der Waals surface area contributed by atoms with Gasteiger partial charge in [0, 0.05) is 29.2 Å². The van der Waals surface area contributed by atoms with Crippen molar-refractivity contribution in [2.75, 3.05) is 30.4 Å². The van der Waals surface area contributed by atoms with E-state index in [0.29, 0.717) is 6.67 Å². The van der Waals surface area contributed by atoms with Gasteiger partial charge in [0.25, 0.3) is 0 Å². The second-order valence-corrected chi connectivity index (χ2v) is 6.35. The Hall–Kier alpha value is -3.31. The van der Waals surface area contributed by atoms with Gasteiger partial charge >= 0.3 is 0 Å². The minimum Gasteiger partial charge on any atom is -0.383 e. The van der Waals surface area contributed by atoms with Gasteiger partial charge in [0.15, 0.2) is 0 Å². The van der Waals surface area contributed by atoms with Crippen molar-refractivity contribution in [2.24, 2.45) is 4.99 Å². The Morgan fingerprint density at radius 2 is 1.67 bits per heavy atom. The van der Waals surface area contributed by atoms with E-state index in [9.17, 15) is 0 Å². The summed E-state index contributed by atoms with van der Waals surface area (Å²) < 4.78 is 0. The first-order valence-corrected chi connectivity index (χ1v) is 9.14. The maximum Gasteiger partial charge on any atom is 0.107 e. The average Bonchev–Trinajstić information content (AvgIpc) is 3.23. The fourth-order valence-electron chi connectivity index (χ4n) is 3.09. The number of rotatable bonds is 7. The van der Waals surface area contributed by atoms with Gasteiger partial charge in [-0.2, -0.15) is 0 Å². The number of hydrazine groups is 1. The Kier molecular flexibility index (Phi) is 5.31. The zero-order chi connectivity index (χ0) is 18.3. The van der Waals surface area contributed by atoms with E-state index in [1.807, 2.05) is 35.6 Å². The minimum atomic E-state index is 0.658. The third kappa shape index (κ3) is 4.46. The number of hydrogen-bond donors (Lipinski definition) is 3. The summed E-state index contributed by atoms with van der Waals surface area (Å²) in [6, 6.07) is 27.1. The molecule has 0 radical (unpaired) electrons. The molecular weight excluding hydrogens is 334 g/mol. The molecule has 0 unspecified atom stereocenters. The van der Waals surface area contributed by atoms with Crippen LogP contribution in [0.4, 0.5) is 17.1 Å². The lowest BCUT2D eigenvalue weighted by Crippen LogP contribution is -2.35. The van der Waals surface area contributed by atoms with Gasteiger partial charge in [-0.25, -0.2) is 5.43 Å². The van der Waals surface area contributed by atoms with Gasteiger partial charge in [-0.3, -0.25) is 10.0 Å². The lowest BCUT2D eigenvalue weighted by Gasteiger charge is -2.18. The number of anilines is 3. The monoisotopic (exact) mass is 357 g/mol. The van der Waals surface area contributed by atoms with Gasteiger partial charge in [-0.1, -0.05) is 54.6 Å². The molecule has 1 aliphatic rings. The lowest BCUT2D eigenvalue weighted by molar-refractivity contribution is 0.361. The second kappa shape index (κ2) is 8.38. The molecule has 0 amide bonds. The molecule has 3 aromatic rings. The van der Waals surface area contributed by atoms with Crippen LogP contribution >= 0.6 is 0 Å². The molecule has 27 heavy (non-hydrogen) atoms. The van der Waals surface area contributed by atoms with Crippen molar-refractivity contribution >= 4 is 23.4 Å². The van der Waals surface area contributed by atoms with Crippen LogP contribution < -0.4 is 16.1 Å². The highest BCUT2D eigenvalue weighted by Gasteiger charge is 2.08. The van der Waals surface area contributed by atoms with Crippen LogP contribution in [-0.4, -0.2) is 31.1 Å². The van der Waals surface area contributed by atoms with Crippen LogP contribution in [0.1, 0.15) is 0 Å². The van der Waals surface area contributed by atoms with Gasteiger partial charge in [-0.05, 0) is 29.8 Å². The molecule has 0 aromatic heterocycles. The highest BCUT2D eigenvalue weighted by atomic mass is 15.6. The predicted octanol–water partition coefficient (Wildman–Crippen LogP) is 4.32. The van der Waals surface area contributed by atoms with Crippen LogP contribution in [0.5, 0.6) is 0 Å². The fourth-order valence-corrected chi connectivity index (χ4v) is 3.09. The van der Waals surface area contributed by atoms with Crippen molar-refractivity contribution in [1.82, 2.24) is 10.4 Å². The van der Waals surface area contributed by atoms with Crippen molar-refractivity contribution < 1.29 is 0 Å². The van der Waals surface area contributed by atoms with E-state index in [1.165, 1.54) is 11.1 Å². The fraction of sp³-hybridized carbons (Fsp3) is 0.136. The lowest BCUT2D eigenvalue weighted by atomic mass is 10.0. The zero-order valence-corrected chi connectivity index (χ0v) is 15.1. The molecule has 5 nitrogen and oxygen atoms in total. The predicted molar refractivity (Wildman–Crippen MR) is 113 cm³/mol. The number of nitrogens with zero attached hydrogens (tertiary/aromatic N) is 2. The summed E-state index contributed by atoms with van der Waals surface area (Å²) in [4.78, 5) is 4.17.